The van der Waals surface area contributed by atoms with Gasteiger partial charge in [0.15, 0.2) is 5.96 Å². The van der Waals surface area contributed by atoms with Crippen LogP contribution in [-0.4, -0.2) is 50.1 Å². The summed E-state index contributed by atoms with van der Waals surface area (Å²) in [4.78, 5) is 18.3. The van der Waals surface area contributed by atoms with E-state index in [-0.39, 0.29) is 29.9 Å². The number of piperidine rings is 1. The standard InChI is InChI=1S/C20H32N4O2.HI/c1-3-22-20(24-12-6-9-17(15-24)14-19(21)25)23-11-5-8-16-7-4-10-18(13-16)26-2;/h4,7,10,13,17H,3,5-6,8-9,11-12,14-15H2,1-2H3,(H2,21,25)(H,22,23);1H. The quantitative estimate of drug-likeness (QED) is 0.255. The first-order chi connectivity index (χ1) is 12.6. The molecular weight excluding hydrogens is 455 g/mol. The fourth-order valence-electron chi connectivity index (χ4n) is 3.43. The molecule has 1 fully saturated rings. The van der Waals surface area contributed by atoms with Crippen molar-refractivity contribution >= 4 is 35.8 Å². The lowest BCUT2D eigenvalue weighted by Gasteiger charge is -2.34. The predicted molar refractivity (Wildman–Crippen MR) is 121 cm³/mol. The molecule has 0 spiro atoms. The minimum atomic E-state index is -0.211. The van der Waals surface area contributed by atoms with E-state index in [1.165, 1.54) is 5.56 Å². The summed E-state index contributed by atoms with van der Waals surface area (Å²) in [6, 6.07) is 8.18. The average molecular weight is 488 g/mol. The molecule has 3 N–H and O–H groups in total. The van der Waals surface area contributed by atoms with E-state index >= 15 is 0 Å². The molecule has 0 aliphatic carbocycles. The Morgan fingerprint density at radius 3 is 2.96 bits per heavy atom. The Morgan fingerprint density at radius 1 is 1.44 bits per heavy atom. The van der Waals surface area contributed by atoms with Crippen molar-refractivity contribution in [2.75, 3.05) is 33.3 Å². The number of methoxy groups -OCH3 is 1. The number of primary amides is 1. The minimum Gasteiger partial charge on any atom is -0.497 e. The Morgan fingerprint density at radius 2 is 2.26 bits per heavy atom. The first-order valence-corrected chi connectivity index (χ1v) is 9.56. The number of likely N-dealkylation sites (tertiary alicyclic amines) is 1. The molecule has 1 aliphatic rings. The summed E-state index contributed by atoms with van der Waals surface area (Å²) in [5, 5.41) is 3.38. The summed E-state index contributed by atoms with van der Waals surface area (Å²) < 4.78 is 5.27. The van der Waals surface area contributed by atoms with Crippen LogP contribution in [0.5, 0.6) is 5.75 Å². The maximum Gasteiger partial charge on any atom is 0.217 e. The molecule has 1 atom stereocenters. The summed E-state index contributed by atoms with van der Waals surface area (Å²) in [7, 11) is 1.69. The molecule has 1 heterocycles. The van der Waals surface area contributed by atoms with Crippen molar-refractivity contribution in [2.24, 2.45) is 16.6 Å². The fourth-order valence-corrected chi connectivity index (χ4v) is 3.43. The largest absolute Gasteiger partial charge is 0.497 e. The number of nitrogens with zero attached hydrogens (tertiary/aromatic N) is 2. The van der Waals surface area contributed by atoms with Crippen molar-refractivity contribution in [3.8, 4) is 5.75 Å². The van der Waals surface area contributed by atoms with Gasteiger partial charge in [-0.25, -0.2) is 0 Å². The number of aryl methyl sites for hydroxylation is 1. The molecule has 1 saturated heterocycles. The van der Waals surface area contributed by atoms with Crippen molar-refractivity contribution in [2.45, 2.75) is 39.0 Å². The van der Waals surface area contributed by atoms with Gasteiger partial charge < -0.3 is 20.7 Å². The Hall–Kier alpha value is -1.51. The number of hydrogen-bond acceptors (Lipinski definition) is 3. The normalized spacial score (nSPS) is 17.2. The van der Waals surface area contributed by atoms with Crippen LogP contribution in [0.3, 0.4) is 0 Å². The van der Waals surface area contributed by atoms with Crippen LogP contribution >= 0.6 is 24.0 Å². The van der Waals surface area contributed by atoms with Crippen molar-refractivity contribution in [1.29, 1.82) is 0 Å². The monoisotopic (exact) mass is 488 g/mol. The highest BCUT2D eigenvalue weighted by molar-refractivity contribution is 14.0. The summed E-state index contributed by atoms with van der Waals surface area (Å²) >= 11 is 0. The Kier molecular flexibility index (Phi) is 11.2. The first-order valence-electron chi connectivity index (χ1n) is 9.56. The molecule has 6 nitrogen and oxygen atoms in total. The average Bonchev–Trinajstić information content (AvgIpc) is 2.64. The summed E-state index contributed by atoms with van der Waals surface area (Å²) in [5.74, 6) is 1.97. The summed E-state index contributed by atoms with van der Waals surface area (Å²) in [6.07, 6.45) is 4.57. The molecule has 0 radical (unpaired) electrons. The Balaban J connectivity index is 0.00000364. The van der Waals surface area contributed by atoms with Gasteiger partial charge in [-0.1, -0.05) is 12.1 Å². The smallest absolute Gasteiger partial charge is 0.217 e. The van der Waals surface area contributed by atoms with Crippen molar-refractivity contribution in [3.63, 3.8) is 0 Å². The van der Waals surface area contributed by atoms with Crippen LogP contribution in [0, 0.1) is 5.92 Å². The number of nitrogens with one attached hydrogen (secondary N) is 1. The number of benzene rings is 1. The maximum atomic E-state index is 11.2. The number of ether oxygens (including phenoxy) is 1. The van der Waals surface area contributed by atoms with Gasteiger partial charge in [-0.2, -0.15) is 0 Å². The van der Waals surface area contributed by atoms with E-state index in [2.05, 4.69) is 29.3 Å². The Bertz CT molecular complexity index is 609. The predicted octanol–water partition coefficient (Wildman–Crippen LogP) is 2.80. The van der Waals surface area contributed by atoms with E-state index in [4.69, 9.17) is 15.5 Å². The van der Waals surface area contributed by atoms with Gasteiger partial charge in [0.2, 0.25) is 5.91 Å². The van der Waals surface area contributed by atoms with Crippen LogP contribution in [0.25, 0.3) is 0 Å². The van der Waals surface area contributed by atoms with Crippen molar-refractivity contribution in [1.82, 2.24) is 10.2 Å². The molecule has 2 rings (SSSR count). The number of halogens is 1. The number of rotatable bonds is 8. The van der Waals surface area contributed by atoms with Crippen LogP contribution in [0.1, 0.15) is 38.2 Å². The highest BCUT2D eigenvalue weighted by atomic mass is 127. The lowest BCUT2D eigenvalue weighted by molar-refractivity contribution is -0.119. The number of guanidine groups is 1. The molecule has 1 aromatic carbocycles. The van der Waals surface area contributed by atoms with Crippen LogP contribution in [0.15, 0.2) is 29.3 Å². The molecule has 0 aromatic heterocycles. The van der Waals surface area contributed by atoms with Gasteiger partial charge in [0.05, 0.1) is 7.11 Å². The second-order valence-corrected chi connectivity index (χ2v) is 6.82. The SMILES string of the molecule is CCNC(=NCCCc1cccc(OC)c1)N1CCCC(CC(N)=O)C1.I. The molecule has 152 valence electrons. The fraction of sp³-hybridized carbons (Fsp3) is 0.600. The molecule has 1 aliphatic heterocycles. The van der Waals surface area contributed by atoms with E-state index in [1.807, 2.05) is 12.1 Å². The highest BCUT2D eigenvalue weighted by Crippen LogP contribution is 2.19. The van der Waals surface area contributed by atoms with Crippen LogP contribution in [0.4, 0.5) is 0 Å². The second kappa shape index (κ2) is 12.8. The van der Waals surface area contributed by atoms with Gasteiger partial charge in [0, 0.05) is 32.6 Å². The number of amides is 1. The third-order valence-corrected chi connectivity index (χ3v) is 4.66. The van der Waals surface area contributed by atoms with Gasteiger partial charge in [0.25, 0.3) is 0 Å². The zero-order chi connectivity index (χ0) is 18.8. The second-order valence-electron chi connectivity index (χ2n) is 6.82. The zero-order valence-electron chi connectivity index (χ0n) is 16.4. The molecule has 7 heteroatoms. The van der Waals surface area contributed by atoms with Gasteiger partial charge in [0.1, 0.15) is 5.75 Å². The highest BCUT2D eigenvalue weighted by Gasteiger charge is 2.23. The lowest BCUT2D eigenvalue weighted by Crippen LogP contribution is -2.47. The van der Waals surface area contributed by atoms with Crippen molar-refractivity contribution < 1.29 is 9.53 Å². The first kappa shape index (κ1) is 23.5. The van der Waals surface area contributed by atoms with E-state index in [9.17, 15) is 4.79 Å². The van der Waals surface area contributed by atoms with Crippen molar-refractivity contribution in [3.05, 3.63) is 29.8 Å². The lowest BCUT2D eigenvalue weighted by atomic mass is 9.95. The number of aliphatic imine (C=N–C) groups is 1. The number of carbonyl (C=O) groups excluding carboxylic acids is 1. The van der Waals surface area contributed by atoms with E-state index in [1.54, 1.807) is 7.11 Å². The topological polar surface area (TPSA) is 80.0 Å². The van der Waals surface area contributed by atoms with Crippen LogP contribution in [0.2, 0.25) is 0 Å². The summed E-state index contributed by atoms with van der Waals surface area (Å²) in [6.45, 7) is 5.53. The third-order valence-electron chi connectivity index (χ3n) is 4.66. The molecule has 0 saturated carbocycles. The molecule has 1 aromatic rings. The number of nitrogens with two attached hydrogens (primary N) is 1. The van der Waals surface area contributed by atoms with Crippen LogP contribution in [-0.2, 0) is 11.2 Å². The van der Waals surface area contributed by atoms with Crippen LogP contribution < -0.4 is 15.8 Å². The number of carbonyl (C=O) groups is 1. The van der Waals surface area contributed by atoms with Gasteiger partial charge in [-0.05, 0) is 56.2 Å². The van der Waals surface area contributed by atoms with Gasteiger partial charge in [-0.3, -0.25) is 9.79 Å². The van der Waals surface area contributed by atoms with E-state index in [0.29, 0.717) is 12.3 Å². The molecule has 0 bridgehead atoms. The Labute approximate surface area is 179 Å². The minimum absolute atomic E-state index is 0. The maximum absolute atomic E-state index is 11.2. The zero-order valence-corrected chi connectivity index (χ0v) is 18.8. The number of hydrogen-bond donors (Lipinski definition) is 2. The van der Waals surface area contributed by atoms with E-state index in [0.717, 1.165) is 63.6 Å². The molecule has 1 amide bonds. The molecule has 27 heavy (non-hydrogen) atoms. The summed E-state index contributed by atoms with van der Waals surface area (Å²) in [5.41, 5.74) is 6.63. The molecular formula is C20H33IN4O2. The van der Waals surface area contributed by atoms with Gasteiger partial charge in [-0.15, -0.1) is 24.0 Å². The van der Waals surface area contributed by atoms with Gasteiger partial charge >= 0.3 is 0 Å². The third kappa shape index (κ3) is 8.36. The van der Waals surface area contributed by atoms with E-state index < -0.39 is 0 Å². The molecule has 1 unspecified atom stereocenters.